The standard InChI is InChI=1S/C17H23NO5/c1-4-10-18(11-9-17(20)22-5-2)16(19)13-23-15-8-6-7-14(12-15)21-3/h4,6-8,12H,1,5,9-11,13H2,2-3H3. The highest BCUT2D eigenvalue weighted by Gasteiger charge is 2.15. The van der Waals surface area contributed by atoms with Gasteiger partial charge in [-0.1, -0.05) is 12.1 Å². The summed E-state index contributed by atoms with van der Waals surface area (Å²) in [7, 11) is 1.56. The van der Waals surface area contributed by atoms with Crippen LogP contribution in [0.25, 0.3) is 0 Å². The summed E-state index contributed by atoms with van der Waals surface area (Å²) in [6.07, 6.45) is 1.75. The van der Waals surface area contributed by atoms with Gasteiger partial charge in [-0.15, -0.1) is 6.58 Å². The van der Waals surface area contributed by atoms with Gasteiger partial charge in [-0.05, 0) is 19.1 Å². The maximum atomic E-state index is 12.2. The number of nitrogens with zero attached hydrogens (tertiary/aromatic N) is 1. The molecule has 0 N–H and O–H groups in total. The van der Waals surface area contributed by atoms with Gasteiger partial charge in [0, 0.05) is 19.2 Å². The zero-order valence-corrected chi connectivity index (χ0v) is 13.6. The van der Waals surface area contributed by atoms with E-state index in [2.05, 4.69) is 6.58 Å². The molecular formula is C17H23NO5. The van der Waals surface area contributed by atoms with Crippen LogP contribution in [-0.4, -0.2) is 50.2 Å². The lowest BCUT2D eigenvalue weighted by Crippen LogP contribution is -2.36. The Labute approximate surface area is 136 Å². The molecule has 1 aromatic carbocycles. The van der Waals surface area contributed by atoms with Crippen LogP contribution >= 0.6 is 0 Å². The fraction of sp³-hybridized carbons (Fsp3) is 0.412. The molecule has 0 atom stereocenters. The minimum atomic E-state index is -0.330. The van der Waals surface area contributed by atoms with Gasteiger partial charge in [0.25, 0.3) is 5.91 Å². The second-order valence-corrected chi connectivity index (χ2v) is 4.65. The molecule has 0 bridgehead atoms. The van der Waals surface area contributed by atoms with Crippen molar-refractivity contribution in [3.05, 3.63) is 36.9 Å². The van der Waals surface area contributed by atoms with Crippen molar-refractivity contribution in [1.29, 1.82) is 0 Å². The van der Waals surface area contributed by atoms with Crippen molar-refractivity contribution in [2.24, 2.45) is 0 Å². The highest BCUT2D eigenvalue weighted by Crippen LogP contribution is 2.18. The fourth-order valence-electron chi connectivity index (χ4n) is 1.86. The summed E-state index contributed by atoms with van der Waals surface area (Å²) in [5, 5.41) is 0. The minimum Gasteiger partial charge on any atom is -0.497 e. The second kappa shape index (κ2) is 10.3. The third-order valence-electron chi connectivity index (χ3n) is 3.00. The molecule has 0 saturated carbocycles. The number of carbonyl (C=O) groups is 2. The second-order valence-electron chi connectivity index (χ2n) is 4.65. The van der Waals surface area contributed by atoms with Crippen LogP contribution in [0.15, 0.2) is 36.9 Å². The molecule has 0 aliphatic heterocycles. The Kier molecular flexibility index (Phi) is 8.28. The van der Waals surface area contributed by atoms with Crippen LogP contribution in [0.2, 0.25) is 0 Å². The van der Waals surface area contributed by atoms with Crippen LogP contribution < -0.4 is 9.47 Å². The van der Waals surface area contributed by atoms with Crippen molar-refractivity contribution in [1.82, 2.24) is 4.90 Å². The molecule has 1 aromatic rings. The first-order chi connectivity index (χ1) is 11.1. The first kappa shape index (κ1) is 18.5. The van der Waals surface area contributed by atoms with Crippen molar-refractivity contribution < 1.29 is 23.8 Å². The predicted molar refractivity (Wildman–Crippen MR) is 86.5 cm³/mol. The molecular weight excluding hydrogens is 298 g/mol. The SMILES string of the molecule is C=CCN(CCC(=O)OCC)C(=O)COc1cccc(OC)c1. The number of carbonyl (C=O) groups excluding carboxylic acids is 2. The monoisotopic (exact) mass is 321 g/mol. The van der Waals surface area contributed by atoms with Crippen LogP contribution in [0.4, 0.5) is 0 Å². The maximum Gasteiger partial charge on any atom is 0.307 e. The molecule has 0 unspecified atom stereocenters. The lowest BCUT2D eigenvalue weighted by molar-refractivity contribution is -0.144. The van der Waals surface area contributed by atoms with E-state index in [-0.39, 0.29) is 31.4 Å². The Hall–Kier alpha value is -2.50. The normalized spacial score (nSPS) is 9.83. The highest BCUT2D eigenvalue weighted by molar-refractivity contribution is 5.78. The van der Waals surface area contributed by atoms with Gasteiger partial charge >= 0.3 is 5.97 Å². The smallest absolute Gasteiger partial charge is 0.307 e. The first-order valence-electron chi connectivity index (χ1n) is 7.41. The number of methoxy groups -OCH3 is 1. The largest absolute Gasteiger partial charge is 0.497 e. The van der Waals surface area contributed by atoms with Crippen molar-refractivity contribution in [3.8, 4) is 11.5 Å². The summed E-state index contributed by atoms with van der Waals surface area (Å²) in [5.41, 5.74) is 0. The van der Waals surface area contributed by atoms with Gasteiger partial charge < -0.3 is 19.1 Å². The number of rotatable bonds is 10. The van der Waals surface area contributed by atoms with Crippen LogP contribution in [0, 0.1) is 0 Å². The van der Waals surface area contributed by atoms with E-state index in [1.165, 1.54) is 4.90 Å². The molecule has 6 heteroatoms. The molecule has 1 amide bonds. The number of amides is 1. The van der Waals surface area contributed by atoms with E-state index < -0.39 is 0 Å². The third-order valence-corrected chi connectivity index (χ3v) is 3.00. The van der Waals surface area contributed by atoms with E-state index in [1.54, 1.807) is 44.4 Å². The van der Waals surface area contributed by atoms with Crippen LogP contribution in [0.3, 0.4) is 0 Å². The molecule has 0 aliphatic rings. The summed E-state index contributed by atoms with van der Waals surface area (Å²) in [4.78, 5) is 25.1. The number of hydrogen-bond acceptors (Lipinski definition) is 5. The van der Waals surface area contributed by atoms with Crippen LogP contribution in [0.5, 0.6) is 11.5 Å². The van der Waals surface area contributed by atoms with Crippen molar-refractivity contribution in [3.63, 3.8) is 0 Å². The van der Waals surface area contributed by atoms with Gasteiger partial charge in [-0.2, -0.15) is 0 Å². The number of esters is 1. The van der Waals surface area contributed by atoms with E-state index in [9.17, 15) is 9.59 Å². The molecule has 23 heavy (non-hydrogen) atoms. The zero-order valence-electron chi connectivity index (χ0n) is 13.6. The summed E-state index contributed by atoms with van der Waals surface area (Å²) < 4.78 is 15.4. The van der Waals surface area contributed by atoms with Gasteiger partial charge in [0.2, 0.25) is 0 Å². The molecule has 0 saturated heterocycles. The Balaban J connectivity index is 2.52. The average Bonchev–Trinajstić information content (AvgIpc) is 2.57. The molecule has 1 rings (SSSR count). The minimum absolute atomic E-state index is 0.121. The highest BCUT2D eigenvalue weighted by atomic mass is 16.5. The fourth-order valence-corrected chi connectivity index (χ4v) is 1.86. The van der Waals surface area contributed by atoms with E-state index >= 15 is 0 Å². The Morgan fingerprint density at radius 1 is 1.30 bits per heavy atom. The number of benzene rings is 1. The number of hydrogen-bond donors (Lipinski definition) is 0. The summed E-state index contributed by atoms with van der Waals surface area (Å²) in [5.74, 6) is 0.641. The topological polar surface area (TPSA) is 65.1 Å². The Bertz CT molecular complexity index is 529. The van der Waals surface area contributed by atoms with Crippen molar-refractivity contribution in [2.45, 2.75) is 13.3 Å². The zero-order chi connectivity index (χ0) is 17.1. The molecule has 0 aromatic heterocycles. The van der Waals surface area contributed by atoms with Gasteiger partial charge in [-0.25, -0.2) is 0 Å². The number of ether oxygens (including phenoxy) is 3. The summed E-state index contributed by atoms with van der Waals surface area (Å²) in [6.45, 7) is 6.18. The molecule has 0 radical (unpaired) electrons. The van der Waals surface area contributed by atoms with Crippen LogP contribution in [0.1, 0.15) is 13.3 Å². The Morgan fingerprint density at radius 3 is 2.70 bits per heavy atom. The van der Waals surface area contributed by atoms with E-state index in [0.717, 1.165) is 0 Å². The molecule has 6 nitrogen and oxygen atoms in total. The predicted octanol–water partition coefficient (Wildman–Crippen LogP) is 2.04. The quantitative estimate of drug-likeness (QED) is 0.487. The van der Waals surface area contributed by atoms with Gasteiger partial charge in [0.05, 0.1) is 20.1 Å². The first-order valence-corrected chi connectivity index (χ1v) is 7.41. The molecule has 0 spiro atoms. The lowest BCUT2D eigenvalue weighted by Gasteiger charge is -2.20. The lowest BCUT2D eigenvalue weighted by atomic mass is 10.3. The molecule has 0 fully saturated rings. The van der Waals surface area contributed by atoms with Crippen molar-refractivity contribution >= 4 is 11.9 Å². The van der Waals surface area contributed by atoms with Crippen molar-refractivity contribution in [2.75, 3.05) is 33.4 Å². The van der Waals surface area contributed by atoms with Gasteiger partial charge in [0.15, 0.2) is 6.61 Å². The Morgan fingerprint density at radius 2 is 2.04 bits per heavy atom. The summed E-state index contributed by atoms with van der Waals surface area (Å²) in [6, 6.07) is 7.01. The van der Waals surface area contributed by atoms with Gasteiger partial charge in [0.1, 0.15) is 11.5 Å². The van der Waals surface area contributed by atoms with E-state index in [0.29, 0.717) is 24.7 Å². The average molecular weight is 321 g/mol. The van der Waals surface area contributed by atoms with E-state index in [1.807, 2.05) is 0 Å². The molecule has 0 aliphatic carbocycles. The van der Waals surface area contributed by atoms with E-state index in [4.69, 9.17) is 14.2 Å². The molecule has 0 heterocycles. The van der Waals surface area contributed by atoms with Crippen LogP contribution in [-0.2, 0) is 14.3 Å². The van der Waals surface area contributed by atoms with Gasteiger partial charge in [-0.3, -0.25) is 9.59 Å². The third kappa shape index (κ3) is 6.86. The summed E-state index contributed by atoms with van der Waals surface area (Å²) >= 11 is 0. The maximum absolute atomic E-state index is 12.2. The molecule has 126 valence electrons.